The second-order valence-electron chi connectivity index (χ2n) is 13.9. The Balaban J connectivity index is 1.47. The number of alkyl halides is 6. The minimum absolute atomic E-state index is 0.0217. The number of aromatic nitrogens is 1. The van der Waals surface area contributed by atoms with E-state index < -0.39 is 69.3 Å². The number of aliphatic carboxylic acids is 1. The Hall–Kier alpha value is -4.12. The summed E-state index contributed by atoms with van der Waals surface area (Å²) in [5.74, 6) is -3.03. The van der Waals surface area contributed by atoms with Gasteiger partial charge in [0.1, 0.15) is 16.4 Å². The Morgan fingerprint density at radius 2 is 1.81 bits per heavy atom. The van der Waals surface area contributed by atoms with Crippen molar-refractivity contribution >= 4 is 29.1 Å². The second-order valence-corrected chi connectivity index (χ2v) is 14.9. The Morgan fingerprint density at radius 1 is 1.09 bits per heavy atom. The zero-order chi connectivity index (χ0) is 39.5. The van der Waals surface area contributed by atoms with Crippen LogP contribution in [0.2, 0.25) is 0 Å². The first kappa shape index (κ1) is 41.1. The number of piperidine rings is 2. The number of pyridine rings is 1. The lowest BCUT2D eigenvalue weighted by Gasteiger charge is -2.51. The molecular weight excluding hydrogens is 744 g/mol. The lowest BCUT2D eigenvalue weighted by Crippen LogP contribution is -2.69. The monoisotopic (exact) mass is 787 g/mol. The van der Waals surface area contributed by atoms with E-state index in [1.54, 1.807) is 19.9 Å². The zero-order valence-corrected chi connectivity index (χ0v) is 30.7. The van der Waals surface area contributed by atoms with Gasteiger partial charge in [-0.1, -0.05) is 32.4 Å². The van der Waals surface area contributed by atoms with Crippen LogP contribution in [-0.2, 0) is 26.7 Å². The third kappa shape index (κ3) is 8.72. The highest BCUT2D eigenvalue weighted by Crippen LogP contribution is 2.44. The average Bonchev–Trinajstić information content (AvgIpc) is 3.61. The molecule has 296 valence electrons. The second kappa shape index (κ2) is 16.3. The number of aliphatic hydroxyl groups is 1. The molecule has 2 N–H and O–H groups in total. The summed E-state index contributed by atoms with van der Waals surface area (Å²) in [4.78, 5) is 45.5. The highest BCUT2D eigenvalue weighted by Gasteiger charge is 2.56. The van der Waals surface area contributed by atoms with Gasteiger partial charge in [-0.25, -0.2) is 0 Å². The number of rotatable bonds is 12. The maximum Gasteiger partial charge on any atom is 0.425 e. The van der Waals surface area contributed by atoms with E-state index in [0.717, 1.165) is 28.7 Å². The third-order valence-electron chi connectivity index (χ3n) is 10.3. The zero-order valence-electron chi connectivity index (χ0n) is 29.8. The van der Waals surface area contributed by atoms with Crippen LogP contribution in [0.3, 0.4) is 0 Å². The first-order valence-electron chi connectivity index (χ1n) is 17.9. The predicted octanol–water partition coefficient (Wildman–Crippen LogP) is 7.49. The van der Waals surface area contributed by atoms with E-state index in [-0.39, 0.29) is 70.5 Å². The molecule has 3 atom stereocenters. The predicted molar refractivity (Wildman–Crippen MR) is 184 cm³/mol. The molecule has 0 bridgehead atoms. The van der Waals surface area contributed by atoms with Crippen molar-refractivity contribution in [1.82, 2.24) is 14.8 Å². The SMILES string of the molecule is CCC[C@H]1N(C(=O)c2cnccc2C(F)(F)F)CCC[C@@]1(Oc1csc(C(F)(F)F)c1)C(=O)N1CCC(O)(C2=C(OCCC(C)C(=O)O)CCC=C2)CC1. The van der Waals surface area contributed by atoms with Gasteiger partial charge in [0.15, 0.2) is 0 Å². The van der Waals surface area contributed by atoms with Crippen LogP contribution in [0.4, 0.5) is 26.3 Å². The minimum Gasteiger partial charge on any atom is -0.498 e. The molecule has 0 saturated carbocycles. The van der Waals surface area contributed by atoms with Crippen LogP contribution in [0, 0.1) is 5.92 Å². The number of allylic oxidation sites excluding steroid dienone is 2. The van der Waals surface area contributed by atoms with Gasteiger partial charge in [0.2, 0.25) is 5.60 Å². The largest absolute Gasteiger partial charge is 0.498 e. The summed E-state index contributed by atoms with van der Waals surface area (Å²) in [5, 5.41) is 22.2. The summed E-state index contributed by atoms with van der Waals surface area (Å²) in [5.41, 5.74) is -4.84. The molecule has 0 radical (unpaired) electrons. The first-order valence-corrected chi connectivity index (χ1v) is 18.7. The normalized spacial score (nSPS) is 22.6. The summed E-state index contributed by atoms with van der Waals surface area (Å²) in [6.45, 7) is 3.35. The van der Waals surface area contributed by atoms with Crippen LogP contribution in [-0.4, -0.2) is 86.3 Å². The van der Waals surface area contributed by atoms with Crippen LogP contribution in [0.5, 0.6) is 5.75 Å². The maximum absolute atomic E-state index is 14.9. The number of carbonyl (C=O) groups excluding carboxylic acids is 2. The van der Waals surface area contributed by atoms with Gasteiger partial charge in [0.25, 0.3) is 11.8 Å². The van der Waals surface area contributed by atoms with Gasteiger partial charge >= 0.3 is 18.3 Å². The lowest BCUT2D eigenvalue weighted by atomic mass is 9.77. The van der Waals surface area contributed by atoms with Gasteiger partial charge in [0, 0.05) is 61.9 Å². The van der Waals surface area contributed by atoms with E-state index in [9.17, 15) is 50.9 Å². The fourth-order valence-electron chi connectivity index (χ4n) is 7.41. The number of ether oxygens (including phenoxy) is 2. The van der Waals surface area contributed by atoms with E-state index in [2.05, 4.69) is 4.98 Å². The summed E-state index contributed by atoms with van der Waals surface area (Å²) in [6, 6.07) is 0.274. The highest BCUT2D eigenvalue weighted by atomic mass is 32.1. The number of hydrogen-bond acceptors (Lipinski definition) is 8. The van der Waals surface area contributed by atoms with Crippen molar-refractivity contribution in [3.05, 3.63) is 69.4 Å². The summed E-state index contributed by atoms with van der Waals surface area (Å²) >= 11 is 0.364. The number of thiophene rings is 1. The number of nitrogens with zero attached hydrogens (tertiary/aromatic N) is 3. The molecule has 5 rings (SSSR count). The molecule has 2 aromatic heterocycles. The number of hydrogen-bond donors (Lipinski definition) is 2. The molecule has 3 aliphatic rings. The number of carboxylic acid groups (broad SMARTS) is 1. The maximum atomic E-state index is 14.9. The molecule has 2 amide bonds. The molecule has 17 heteroatoms. The fourth-order valence-corrected chi connectivity index (χ4v) is 8.09. The summed E-state index contributed by atoms with van der Waals surface area (Å²) in [6.07, 6.45) is -2.32. The Labute approximate surface area is 312 Å². The van der Waals surface area contributed by atoms with Gasteiger partial charge in [-0.15, -0.1) is 11.3 Å². The van der Waals surface area contributed by atoms with E-state index in [1.807, 2.05) is 6.08 Å². The Kier molecular flexibility index (Phi) is 12.4. The van der Waals surface area contributed by atoms with Crippen molar-refractivity contribution in [2.75, 3.05) is 26.2 Å². The number of carbonyl (C=O) groups is 3. The average molecular weight is 788 g/mol. The molecule has 2 aliphatic heterocycles. The Morgan fingerprint density at radius 3 is 2.44 bits per heavy atom. The van der Waals surface area contributed by atoms with Crippen molar-refractivity contribution in [2.45, 2.75) is 101 Å². The van der Waals surface area contributed by atoms with Crippen LogP contribution < -0.4 is 4.74 Å². The summed E-state index contributed by atoms with van der Waals surface area (Å²) < 4.78 is 95.4. The molecule has 2 saturated heterocycles. The van der Waals surface area contributed by atoms with Crippen LogP contribution in [0.1, 0.15) is 92.4 Å². The van der Waals surface area contributed by atoms with Gasteiger partial charge in [-0.05, 0) is 44.6 Å². The molecule has 0 spiro atoms. The van der Waals surface area contributed by atoms with Gasteiger partial charge in [0.05, 0.1) is 35.3 Å². The van der Waals surface area contributed by atoms with Crippen molar-refractivity contribution in [3.63, 3.8) is 0 Å². The van der Waals surface area contributed by atoms with Crippen LogP contribution in [0.25, 0.3) is 0 Å². The molecule has 10 nitrogen and oxygen atoms in total. The molecule has 0 aromatic carbocycles. The first-order chi connectivity index (χ1) is 25.4. The van der Waals surface area contributed by atoms with E-state index in [4.69, 9.17) is 9.47 Å². The molecule has 1 unspecified atom stereocenters. The number of halogens is 6. The van der Waals surface area contributed by atoms with E-state index >= 15 is 0 Å². The number of carboxylic acids is 1. The Bertz CT molecular complexity index is 1750. The van der Waals surface area contributed by atoms with E-state index in [1.165, 1.54) is 4.90 Å². The molecule has 2 fully saturated rings. The third-order valence-corrected chi connectivity index (χ3v) is 11.3. The summed E-state index contributed by atoms with van der Waals surface area (Å²) in [7, 11) is 0. The smallest absolute Gasteiger partial charge is 0.425 e. The molecule has 1 aliphatic carbocycles. The van der Waals surface area contributed by atoms with Crippen LogP contribution >= 0.6 is 11.3 Å². The molecular formula is C37H43F6N3O7S. The van der Waals surface area contributed by atoms with Crippen molar-refractivity contribution in [3.8, 4) is 5.75 Å². The van der Waals surface area contributed by atoms with Gasteiger partial charge in [-0.2, -0.15) is 26.3 Å². The molecule has 2 aromatic rings. The highest BCUT2D eigenvalue weighted by molar-refractivity contribution is 7.10. The number of likely N-dealkylation sites (tertiary alicyclic amines) is 2. The number of amides is 2. The van der Waals surface area contributed by atoms with Crippen molar-refractivity contribution in [1.29, 1.82) is 0 Å². The van der Waals surface area contributed by atoms with E-state index in [0.29, 0.717) is 48.0 Å². The van der Waals surface area contributed by atoms with Gasteiger partial charge < -0.3 is 29.5 Å². The molecule has 4 heterocycles. The standard InChI is InChI=1S/C37H43F6N3O7S/c1-3-7-29-35(53-24-20-30(54-22-24)37(41,42)43,12-6-16-46(29)31(47)25-21-44-15-10-26(25)36(38,39)40)33(50)45-17-13-34(51,14-18-45)27-8-4-5-9-28(27)52-19-11-23(2)32(48)49/h4,8,10,15,20-23,29,51H,3,5-7,9,11-14,16-19H2,1-2H3,(H,48,49)/t23?,29-,35+/m1/s1. The fraction of sp³-hybridized carbons (Fsp3) is 0.568. The van der Waals surface area contributed by atoms with Crippen molar-refractivity contribution in [2.24, 2.45) is 5.92 Å². The quantitative estimate of drug-likeness (QED) is 0.212. The minimum atomic E-state index is -4.90. The van der Waals surface area contributed by atoms with Crippen LogP contribution in [0.15, 0.2) is 53.4 Å². The topological polar surface area (TPSA) is 130 Å². The molecule has 54 heavy (non-hydrogen) atoms. The van der Waals surface area contributed by atoms with Crippen molar-refractivity contribution < 1.29 is 60.4 Å². The van der Waals surface area contributed by atoms with Gasteiger partial charge in [-0.3, -0.25) is 19.4 Å². The lowest BCUT2D eigenvalue weighted by molar-refractivity contribution is -0.162.